The summed E-state index contributed by atoms with van der Waals surface area (Å²) in [4.78, 5) is 16.3. The van der Waals surface area contributed by atoms with E-state index in [1.54, 1.807) is 19.1 Å². The lowest BCUT2D eigenvalue weighted by Gasteiger charge is -2.14. The van der Waals surface area contributed by atoms with Gasteiger partial charge < -0.3 is 14.5 Å². The minimum absolute atomic E-state index is 0.00414. The molecular weight excluding hydrogens is 469 g/mol. The molecule has 0 radical (unpaired) electrons. The van der Waals surface area contributed by atoms with E-state index in [0.717, 1.165) is 9.83 Å². The molecule has 0 aliphatic heterocycles. The van der Waals surface area contributed by atoms with Crippen LogP contribution in [0, 0.1) is 22.1 Å². The topological polar surface area (TPSA) is 64.4 Å². The summed E-state index contributed by atoms with van der Waals surface area (Å²) in [5.74, 6) is -1.36. The van der Waals surface area contributed by atoms with Crippen molar-refractivity contribution in [3.05, 3.63) is 74.7 Å². The lowest BCUT2D eigenvalue weighted by atomic mass is 10.1. The predicted molar refractivity (Wildman–Crippen MR) is 103 cm³/mol. The Morgan fingerprint density at radius 1 is 1.26 bits per heavy atom. The number of aromatic nitrogens is 1. The monoisotopic (exact) mass is 484 g/mol. The van der Waals surface area contributed by atoms with Crippen molar-refractivity contribution in [2.24, 2.45) is 0 Å². The van der Waals surface area contributed by atoms with Gasteiger partial charge in [-0.1, -0.05) is 6.07 Å². The molecule has 0 saturated heterocycles. The van der Waals surface area contributed by atoms with Gasteiger partial charge >= 0.3 is 6.08 Å². The molecule has 1 aromatic heterocycles. The van der Waals surface area contributed by atoms with E-state index in [1.807, 2.05) is 12.1 Å². The summed E-state index contributed by atoms with van der Waals surface area (Å²) < 4.78 is 39.0. The predicted octanol–water partition coefficient (Wildman–Crippen LogP) is 5.15. The molecule has 3 rings (SSSR count). The van der Waals surface area contributed by atoms with Crippen LogP contribution in [0.3, 0.4) is 0 Å². The molecular formula is C19H15F2IN2O3. The second-order valence-electron chi connectivity index (χ2n) is 5.86. The number of benzene rings is 2. The van der Waals surface area contributed by atoms with Gasteiger partial charge in [0.2, 0.25) is 0 Å². The van der Waals surface area contributed by atoms with Gasteiger partial charge in [0.25, 0.3) is 5.91 Å². The van der Waals surface area contributed by atoms with Crippen molar-refractivity contribution in [2.75, 3.05) is 0 Å². The third-order valence-corrected chi connectivity index (χ3v) is 4.54. The van der Waals surface area contributed by atoms with Gasteiger partial charge in [-0.3, -0.25) is 4.79 Å². The van der Waals surface area contributed by atoms with Gasteiger partial charge in [-0.2, -0.15) is 4.98 Å². The lowest BCUT2D eigenvalue weighted by molar-refractivity contribution is 0.0934. The summed E-state index contributed by atoms with van der Waals surface area (Å²) >= 11 is 2.14. The Kier molecular flexibility index (Phi) is 5.73. The Balaban J connectivity index is 1.69. The highest BCUT2D eigenvalue weighted by Gasteiger charge is 2.18. The zero-order valence-corrected chi connectivity index (χ0v) is 16.6. The Morgan fingerprint density at radius 2 is 1.96 bits per heavy atom. The molecule has 0 aliphatic rings. The molecule has 3 aromatic rings. The summed E-state index contributed by atoms with van der Waals surface area (Å²) in [7, 11) is 0. The Labute approximate surface area is 167 Å². The normalized spacial score (nSPS) is 11.9. The second kappa shape index (κ2) is 8.03. The van der Waals surface area contributed by atoms with Crippen molar-refractivity contribution >= 4 is 28.5 Å². The number of carbonyl (C=O) groups is 1. The van der Waals surface area contributed by atoms with Gasteiger partial charge in [-0.15, -0.1) is 0 Å². The lowest BCUT2D eigenvalue weighted by Crippen LogP contribution is -2.27. The van der Waals surface area contributed by atoms with E-state index in [1.165, 1.54) is 19.1 Å². The van der Waals surface area contributed by atoms with Crippen LogP contribution in [-0.4, -0.2) is 10.9 Å². The first-order valence-corrected chi connectivity index (χ1v) is 9.06. The molecule has 140 valence electrons. The van der Waals surface area contributed by atoms with Crippen molar-refractivity contribution < 1.29 is 22.7 Å². The highest BCUT2D eigenvalue weighted by atomic mass is 127. The van der Waals surface area contributed by atoms with Gasteiger partial charge in [0.15, 0.2) is 5.69 Å². The quantitative estimate of drug-likeness (QED) is 0.509. The number of rotatable bonds is 5. The van der Waals surface area contributed by atoms with Crippen molar-refractivity contribution in [2.45, 2.75) is 19.9 Å². The number of nitrogens with one attached hydrogen (secondary N) is 1. The molecule has 1 amide bonds. The van der Waals surface area contributed by atoms with E-state index >= 15 is 0 Å². The van der Waals surface area contributed by atoms with E-state index in [0.29, 0.717) is 11.3 Å². The van der Waals surface area contributed by atoms with Crippen LogP contribution in [0.15, 0.2) is 47.1 Å². The molecule has 8 heteroatoms. The number of hydrogen-bond donors (Lipinski definition) is 1. The molecule has 1 N–H and O–H groups in total. The van der Waals surface area contributed by atoms with Gasteiger partial charge in [0.05, 0.1) is 6.04 Å². The fourth-order valence-electron chi connectivity index (χ4n) is 2.31. The highest BCUT2D eigenvalue weighted by molar-refractivity contribution is 14.1. The number of carbonyl (C=O) groups excluding carboxylic acids is 1. The molecule has 2 aromatic carbocycles. The average molecular weight is 484 g/mol. The number of nitrogens with zero attached hydrogens (tertiary/aromatic N) is 1. The minimum Gasteiger partial charge on any atom is -0.416 e. The zero-order valence-electron chi connectivity index (χ0n) is 14.4. The van der Waals surface area contributed by atoms with E-state index in [-0.39, 0.29) is 17.3 Å². The van der Waals surface area contributed by atoms with Gasteiger partial charge in [0.1, 0.15) is 23.6 Å². The molecule has 1 heterocycles. The van der Waals surface area contributed by atoms with Crippen LogP contribution < -0.4 is 10.1 Å². The van der Waals surface area contributed by atoms with Gasteiger partial charge in [0, 0.05) is 9.13 Å². The standard InChI is InChI=1S/C19H15F2IN2O3/c1-10-15(20)6-12(7-16(10)21)11(2)23-18(25)17-9-26-19(24-17)27-14-5-3-4-13(22)8-14/h3-9,11H,1-2H3,(H,23,25)/t11-/m1/s1. The van der Waals surface area contributed by atoms with Crippen LogP contribution in [0.1, 0.15) is 34.6 Å². The molecule has 5 nitrogen and oxygen atoms in total. The number of amides is 1. The molecule has 0 saturated carbocycles. The van der Waals surface area contributed by atoms with Crippen molar-refractivity contribution in [3.63, 3.8) is 0 Å². The smallest absolute Gasteiger partial charge is 0.399 e. The number of ether oxygens (including phenoxy) is 1. The average Bonchev–Trinajstić information content (AvgIpc) is 3.07. The van der Waals surface area contributed by atoms with Gasteiger partial charge in [-0.05, 0) is 72.3 Å². The van der Waals surface area contributed by atoms with Crippen LogP contribution in [0.25, 0.3) is 0 Å². The van der Waals surface area contributed by atoms with Crippen LogP contribution in [0.4, 0.5) is 8.78 Å². The second-order valence-corrected chi connectivity index (χ2v) is 7.11. The van der Waals surface area contributed by atoms with E-state index in [4.69, 9.17) is 9.15 Å². The highest BCUT2D eigenvalue weighted by Crippen LogP contribution is 2.23. The largest absolute Gasteiger partial charge is 0.416 e. The molecule has 0 spiro atoms. The zero-order chi connectivity index (χ0) is 19.6. The first-order valence-electron chi connectivity index (χ1n) is 7.99. The molecule has 0 fully saturated rings. The van der Waals surface area contributed by atoms with E-state index < -0.39 is 23.6 Å². The number of oxazole rings is 1. The summed E-state index contributed by atoms with van der Waals surface area (Å²) in [5.41, 5.74) is 0.240. The van der Waals surface area contributed by atoms with Crippen molar-refractivity contribution in [1.82, 2.24) is 10.3 Å². The van der Waals surface area contributed by atoms with Crippen LogP contribution in [0.5, 0.6) is 11.8 Å². The fraction of sp³-hybridized carbons (Fsp3) is 0.158. The van der Waals surface area contributed by atoms with Crippen LogP contribution in [0.2, 0.25) is 0 Å². The maximum absolute atomic E-state index is 13.7. The van der Waals surface area contributed by atoms with E-state index in [9.17, 15) is 13.6 Å². The van der Waals surface area contributed by atoms with Crippen molar-refractivity contribution in [3.8, 4) is 11.8 Å². The molecule has 0 unspecified atom stereocenters. The fourth-order valence-corrected chi connectivity index (χ4v) is 2.82. The van der Waals surface area contributed by atoms with E-state index in [2.05, 4.69) is 32.9 Å². The SMILES string of the molecule is Cc1c(F)cc([C@@H](C)NC(=O)c2coc(Oc3cccc(I)c3)n2)cc1F. The molecule has 1 atom stereocenters. The molecule has 0 bridgehead atoms. The summed E-state index contributed by atoms with van der Waals surface area (Å²) in [5, 5.41) is 2.62. The van der Waals surface area contributed by atoms with Crippen LogP contribution >= 0.6 is 22.6 Å². The number of halogens is 3. The minimum atomic E-state index is -0.666. The summed E-state index contributed by atoms with van der Waals surface area (Å²) in [6, 6.07) is 8.99. The Morgan fingerprint density at radius 3 is 2.63 bits per heavy atom. The first-order chi connectivity index (χ1) is 12.8. The molecule has 27 heavy (non-hydrogen) atoms. The summed E-state index contributed by atoms with van der Waals surface area (Å²) in [6.07, 6.45) is 1.07. The third kappa shape index (κ3) is 4.62. The molecule has 0 aliphatic carbocycles. The Bertz CT molecular complexity index is 968. The van der Waals surface area contributed by atoms with Crippen LogP contribution in [-0.2, 0) is 0 Å². The number of hydrogen-bond acceptors (Lipinski definition) is 4. The summed E-state index contributed by atoms with van der Waals surface area (Å²) in [6.45, 7) is 2.97. The maximum atomic E-state index is 13.7. The third-order valence-electron chi connectivity index (χ3n) is 3.87. The van der Waals surface area contributed by atoms with Gasteiger partial charge in [-0.25, -0.2) is 8.78 Å². The maximum Gasteiger partial charge on any atom is 0.399 e. The Hall–Kier alpha value is -2.49. The first kappa shape index (κ1) is 19.3. The van der Waals surface area contributed by atoms with Crippen molar-refractivity contribution in [1.29, 1.82) is 0 Å².